The minimum Gasteiger partial charge on any atom is -0.383 e. The first kappa shape index (κ1) is 22.1. The molecule has 0 aliphatic carbocycles. The Morgan fingerprint density at radius 1 is 1.22 bits per heavy atom. The number of halogens is 1. The number of rotatable bonds is 6. The molecule has 0 saturated heterocycles. The molecule has 2 aliphatic rings. The second kappa shape index (κ2) is 9.18. The Hall–Kier alpha value is -3.09. The van der Waals surface area contributed by atoms with Gasteiger partial charge < -0.3 is 9.64 Å². The molecule has 0 fully saturated rings. The van der Waals surface area contributed by atoms with Gasteiger partial charge in [-0.2, -0.15) is 10.4 Å². The van der Waals surface area contributed by atoms with E-state index in [1.165, 1.54) is 17.3 Å². The van der Waals surface area contributed by atoms with Crippen LogP contribution in [0, 0.1) is 11.3 Å². The van der Waals surface area contributed by atoms with E-state index >= 15 is 0 Å². The predicted octanol–water partition coefficient (Wildman–Crippen LogP) is 4.75. The maximum Gasteiger partial charge on any atom is 0.262 e. The highest BCUT2D eigenvalue weighted by atomic mass is 79.9. The third kappa shape index (κ3) is 3.80. The molecule has 0 atom stereocenters. The molecule has 0 N–H and O–H groups in total. The van der Waals surface area contributed by atoms with Crippen molar-refractivity contribution in [2.24, 2.45) is 10.2 Å². The monoisotopic (exact) mass is 495 g/mol. The molecule has 2 aromatic carbocycles. The molecule has 0 spiro atoms. The molecule has 0 saturated carbocycles. The molecular formula is C23H22BrN5O3. The van der Waals surface area contributed by atoms with Crippen molar-refractivity contribution in [3.05, 3.63) is 51.0 Å². The quantitative estimate of drug-likeness (QED) is 0.425. The van der Waals surface area contributed by atoms with Gasteiger partial charge in [0.2, 0.25) is 0 Å². The third-order valence-electron chi connectivity index (χ3n) is 5.72. The van der Waals surface area contributed by atoms with Gasteiger partial charge in [-0.1, -0.05) is 0 Å². The lowest BCUT2D eigenvalue weighted by Crippen LogP contribution is -2.32. The number of carbonyl (C=O) groups is 2. The Bertz CT molecular complexity index is 1170. The molecular weight excluding hydrogens is 474 g/mol. The molecule has 2 heterocycles. The van der Waals surface area contributed by atoms with Gasteiger partial charge in [0, 0.05) is 32.4 Å². The molecule has 0 radical (unpaired) electrons. The van der Waals surface area contributed by atoms with Gasteiger partial charge in [0.1, 0.15) is 11.8 Å². The molecule has 2 aromatic rings. The van der Waals surface area contributed by atoms with Crippen molar-refractivity contribution in [1.29, 1.82) is 5.26 Å². The zero-order valence-corrected chi connectivity index (χ0v) is 19.5. The number of nitriles is 1. The molecule has 2 aliphatic heterocycles. The maximum absolute atomic E-state index is 12.7. The van der Waals surface area contributed by atoms with E-state index in [-0.39, 0.29) is 28.9 Å². The molecule has 164 valence electrons. The molecule has 2 amide bonds. The van der Waals surface area contributed by atoms with Gasteiger partial charge in [-0.25, -0.2) is 0 Å². The number of anilines is 1. The van der Waals surface area contributed by atoms with Crippen molar-refractivity contribution in [1.82, 2.24) is 4.90 Å². The van der Waals surface area contributed by atoms with Crippen molar-refractivity contribution >= 4 is 44.8 Å². The van der Waals surface area contributed by atoms with Crippen LogP contribution in [0.2, 0.25) is 0 Å². The number of nitrogens with zero attached hydrogens (tertiary/aromatic N) is 5. The van der Waals surface area contributed by atoms with Crippen LogP contribution in [0.4, 0.5) is 17.1 Å². The highest BCUT2D eigenvalue weighted by molar-refractivity contribution is 9.10. The van der Waals surface area contributed by atoms with Gasteiger partial charge >= 0.3 is 0 Å². The minimum absolute atomic E-state index is 0.183. The normalized spacial score (nSPS) is 15.3. The van der Waals surface area contributed by atoms with Gasteiger partial charge in [-0.15, -0.1) is 5.11 Å². The summed E-state index contributed by atoms with van der Waals surface area (Å²) in [6, 6.07) is 9.40. The molecule has 0 unspecified atom stereocenters. The number of hydrogen-bond acceptors (Lipinski definition) is 7. The number of ether oxygens (including phenoxy) is 1. The molecule has 32 heavy (non-hydrogen) atoms. The van der Waals surface area contributed by atoms with Crippen LogP contribution < -0.4 is 4.90 Å². The Morgan fingerprint density at radius 3 is 2.75 bits per heavy atom. The van der Waals surface area contributed by atoms with Crippen molar-refractivity contribution in [2.45, 2.75) is 19.8 Å². The van der Waals surface area contributed by atoms with Gasteiger partial charge in [-0.3, -0.25) is 14.5 Å². The zero-order chi connectivity index (χ0) is 22.8. The molecule has 8 nitrogen and oxygen atoms in total. The lowest BCUT2D eigenvalue weighted by Gasteiger charge is -2.31. The van der Waals surface area contributed by atoms with E-state index in [2.05, 4.69) is 37.1 Å². The van der Waals surface area contributed by atoms with Gasteiger partial charge in [0.25, 0.3) is 11.8 Å². The summed E-state index contributed by atoms with van der Waals surface area (Å²) in [6.07, 6.45) is 2.01. The summed E-state index contributed by atoms with van der Waals surface area (Å²) in [5.74, 6) is -0.800. The Balaban J connectivity index is 1.68. The number of benzene rings is 2. The summed E-state index contributed by atoms with van der Waals surface area (Å²) in [5, 5.41) is 18.2. The van der Waals surface area contributed by atoms with Crippen LogP contribution in [0.5, 0.6) is 0 Å². The van der Waals surface area contributed by atoms with Crippen molar-refractivity contribution < 1.29 is 14.3 Å². The second-order valence-electron chi connectivity index (χ2n) is 7.57. The number of aryl methyl sites for hydroxylation is 1. The van der Waals surface area contributed by atoms with Gasteiger partial charge in [0.05, 0.1) is 33.5 Å². The molecule has 0 bridgehead atoms. The Labute approximate surface area is 194 Å². The number of carbonyl (C=O) groups excluding carboxylic acids is 2. The van der Waals surface area contributed by atoms with Crippen LogP contribution in [0.3, 0.4) is 0 Å². The summed E-state index contributed by atoms with van der Waals surface area (Å²) < 4.78 is 5.52. The van der Waals surface area contributed by atoms with Crippen molar-refractivity contribution in [3.8, 4) is 6.07 Å². The summed E-state index contributed by atoms with van der Waals surface area (Å²) in [5.41, 5.74) is 3.88. The number of imide groups is 1. The fraction of sp³-hybridized carbons (Fsp3) is 0.348. The first-order valence-corrected chi connectivity index (χ1v) is 11.2. The van der Waals surface area contributed by atoms with E-state index in [1.807, 2.05) is 18.2 Å². The highest BCUT2D eigenvalue weighted by Gasteiger charge is 2.38. The van der Waals surface area contributed by atoms with Crippen molar-refractivity contribution in [3.63, 3.8) is 0 Å². The average Bonchev–Trinajstić information content (AvgIpc) is 3.05. The van der Waals surface area contributed by atoms with Crippen LogP contribution in [0.25, 0.3) is 0 Å². The number of methoxy groups -OCH3 is 1. The van der Waals surface area contributed by atoms with Crippen LogP contribution in [-0.4, -0.2) is 50.1 Å². The second-order valence-corrected chi connectivity index (χ2v) is 8.37. The van der Waals surface area contributed by atoms with E-state index in [0.717, 1.165) is 30.8 Å². The summed E-state index contributed by atoms with van der Waals surface area (Å²) in [7, 11) is 1.70. The largest absolute Gasteiger partial charge is 0.383 e. The summed E-state index contributed by atoms with van der Waals surface area (Å²) >= 11 is 3.39. The number of fused-ring (bicyclic) bond motifs is 2. The summed E-state index contributed by atoms with van der Waals surface area (Å²) in [6.45, 7) is 4.48. The number of amides is 2. The third-order valence-corrected chi connectivity index (χ3v) is 6.49. The molecule has 4 rings (SSSR count). The van der Waals surface area contributed by atoms with Crippen LogP contribution >= 0.6 is 15.9 Å². The first-order chi connectivity index (χ1) is 15.5. The number of azo groups is 1. The fourth-order valence-corrected chi connectivity index (χ4v) is 4.80. The van der Waals surface area contributed by atoms with Gasteiger partial charge in [0.15, 0.2) is 0 Å². The van der Waals surface area contributed by atoms with E-state index in [4.69, 9.17) is 4.74 Å². The SMILES string of the molecule is CCN1C(=O)c2cc(C#N)c(N=Nc3ccc4c(c3)CCCN4CCOC)c(Br)c2C1=O. The van der Waals surface area contributed by atoms with E-state index in [0.29, 0.717) is 16.8 Å². The standard InChI is InChI=1S/C23H22BrN5O3/c1-3-29-22(30)17-12-15(13-25)21(20(24)19(17)23(29)31)27-26-16-6-7-18-14(11-16)5-4-8-28(18)9-10-32-2/h6-7,11-12H,3-5,8-10H2,1-2H3. The lowest BCUT2D eigenvalue weighted by molar-refractivity contribution is 0.0662. The molecule has 9 heteroatoms. The lowest BCUT2D eigenvalue weighted by atomic mass is 10.0. The van der Waals surface area contributed by atoms with Crippen LogP contribution in [-0.2, 0) is 11.2 Å². The van der Waals surface area contributed by atoms with E-state index in [9.17, 15) is 14.9 Å². The molecule has 0 aromatic heterocycles. The predicted molar refractivity (Wildman–Crippen MR) is 123 cm³/mol. The topological polar surface area (TPSA) is 98.4 Å². The first-order valence-electron chi connectivity index (χ1n) is 10.4. The minimum atomic E-state index is -0.402. The van der Waals surface area contributed by atoms with Crippen molar-refractivity contribution in [2.75, 3.05) is 38.3 Å². The average molecular weight is 496 g/mol. The van der Waals surface area contributed by atoms with Crippen LogP contribution in [0.1, 0.15) is 45.2 Å². The van der Waals surface area contributed by atoms with E-state index < -0.39 is 11.8 Å². The fourth-order valence-electron chi connectivity index (χ4n) is 4.13. The Kier molecular flexibility index (Phi) is 6.35. The summed E-state index contributed by atoms with van der Waals surface area (Å²) in [4.78, 5) is 28.6. The highest BCUT2D eigenvalue weighted by Crippen LogP contribution is 2.40. The van der Waals surface area contributed by atoms with Gasteiger partial charge in [-0.05, 0) is 65.5 Å². The van der Waals surface area contributed by atoms with E-state index in [1.54, 1.807) is 14.0 Å². The zero-order valence-electron chi connectivity index (χ0n) is 17.9. The maximum atomic E-state index is 12.7. The van der Waals surface area contributed by atoms with Crippen LogP contribution in [0.15, 0.2) is 39.0 Å². The number of hydrogen-bond donors (Lipinski definition) is 0. The smallest absolute Gasteiger partial charge is 0.262 e. The Morgan fingerprint density at radius 2 is 2.03 bits per heavy atom.